The smallest absolute Gasteiger partial charge is 0.330 e. The molecule has 2 aliphatic heterocycles. The van der Waals surface area contributed by atoms with Crippen molar-refractivity contribution in [1.82, 2.24) is 10.2 Å². The molecule has 2 amide bonds. The van der Waals surface area contributed by atoms with Crippen LogP contribution in [-0.4, -0.2) is 61.7 Å². The number of nitro groups is 1. The summed E-state index contributed by atoms with van der Waals surface area (Å²) in [6.45, 7) is 1.48. The van der Waals surface area contributed by atoms with Gasteiger partial charge in [-0.25, -0.2) is 4.79 Å². The number of esters is 1. The second-order valence-corrected chi connectivity index (χ2v) is 11.2. The van der Waals surface area contributed by atoms with Crippen molar-refractivity contribution in [2.75, 3.05) is 12.4 Å². The molecule has 0 saturated carbocycles. The fourth-order valence-corrected chi connectivity index (χ4v) is 6.10. The number of hydrogen-bond acceptors (Lipinski definition) is 8. The number of amides is 2. The van der Waals surface area contributed by atoms with Gasteiger partial charge in [-0.05, 0) is 36.8 Å². The molecule has 184 valence electrons. The van der Waals surface area contributed by atoms with E-state index in [-0.39, 0.29) is 24.8 Å². The molecule has 2 aromatic rings. The fourth-order valence-electron chi connectivity index (χ4n) is 3.87. The van der Waals surface area contributed by atoms with Gasteiger partial charge in [-0.1, -0.05) is 34.1 Å². The summed E-state index contributed by atoms with van der Waals surface area (Å²) in [4.78, 5) is 50.0. The number of β-lactam (4-membered cyclic amide) rings is 1. The first-order valence-electron chi connectivity index (χ1n) is 10.7. The molecule has 10 nitrogen and oxygen atoms in total. The van der Waals surface area contributed by atoms with Crippen LogP contribution in [0.3, 0.4) is 0 Å². The van der Waals surface area contributed by atoms with Crippen LogP contribution in [0.25, 0.3) is 0 Å². The summed E-state index contributed by atoms with van der Waals surface area (Å²) in [6.07, 6.45) is 0. The Morgan fingerprint density at radius 1 is 1.23 bits per heavy atom. The minimum atomic E-state index is -0.895. The molecule has 2 heterocycles. The van der Waals surface area contributed by atoms with Crippen molar-refractivity contribution in [2.45, 2.75) is 35.3 Å². The zero-order chi connectivity index (χ0) is 25.2. The average Bonchev–Trinajstić information content (AvgIpc) is 2.85. The number of ether oxygens (including phenoxy) is 2. The predicted molar refractivity (Wildman–Crippen MR) is 131 cm³/mol. The van der Waals surface area contributed by atoms with E-state index in [1.54, 1.807) is 31.2 Å². The molecule has 1 N–H and O–H groups in total. The SMILES string of the molecule is C[C@@]1(Br)CS[C@@H]2[C@H](NC(=O)COc3ccccc3)C(=O)N2[C@H]1C(=O)OCc1ccc([N+](=O)[O-])cc1. The number of nitrogens with zero attached hydrogens (tertiary/aromatic N) is 2. The molecular formula is C23H22BrN3O7S. The number of halogens is 1. The number of benzene rings is 2. The van der Waals surface area contributed by atoms with E-state index in [0.29, 0.717) is 17.1 Å². The number of alkyl halides is 1. The fraction of sp³-hybridized carbons (Fsp3) is 0.348. The number of rotatable bonds is 8. The molecular weight excluding hydrogens is 542 g/mol. The molecule has 2 fully saturated rings. The molecule has 2 saturated heterocycles. The number of nitrogens with one attached hydrogen (secondary N) is 1. The summed E-state index contributed by atoms with van der Waals surface area (Å²) >= 11 is 5.02. The van der Waals surface area contributed by atoms with E-state index < -0.39 is 38.6 Å². The van der Waals surface area contributed by atoms with E-state index in [2.05, 4.69) is 21.2 Å². The second kappa shape index (κ2) is 10.2. The highest BCUT2D eigenvalue weighted by Crippen LogP contribution is 2.46. The monoisotopic (exact) mass is 563 g/mol. The van der Waals surface area contributed by atoms with Gasteiger partial charge in [0.1, 0.15) is 29.8 Å². The van der Waals surface area contributed by atoms with Gasteiger partial charge < -0.3 is 19.7 Å². The Kier molecular flexibility index (Phi) is 7.31. The number of para-hydroxylation sites is 1. The Morgan fingerprint density at radius 3 is 2.57 bits per heavy atom. The first kappa shape index (κ1) is 25.0. The number of hydrogen-bond donors (Lipinski definition) is 1. The molecule has 0 unspecified atom stereocenters. The Labute approximate surface area is 213 Å². The average molecular weight is 564 g/mol. The van der Waals surface area contributed by atoms with Crippen molar-refractivity contribution >= 4 is 51.2 Å². The molecule has 0 radical (unpaired) electrons. The summed E-state index contributed by atoms with van der Waals surface area (Å²) in [7, 11) is 0. The van der Waals surface area contributed by atoms with E-state index in [9.17, 15) is 24.5 Å². The van der Waals surface area contributed by atoms with Crippen LogP contribution in [0.5, 0.6) is 5.75 Å². The minimum Gasteiger partial charge on any atom is -0.484 e. The number of carbonyl (C=O) groups is 3. The topological polar surface area (TPSA) is 128 Å². The van der Waals surface area contributed by atoms with Gasteiger partial charge in [0.2, 0.25) is 5.91 Å². The maximum Gasteiger partial charge on any atom is 0.330 e. The summed E-state index contributed by atoms with van der Waals surface area (Å²) in [6, 6.07) is 12.9. The maximum absolute atomic E-state index is 13.0. The first-order valence-corrected chi connectivity index (χ1v) is 12.5. The van der Waals surface area contributed by atoms with Crippen molar-refractivity contribution < 1.29 is 28.8 Å². The van der Waals surface area contributed by atoms with Gasteiger partial charge in [-0.15, -0.1) is 11.8 Å². The van der Waals surface area contributed by atoms with E-state index in [4.69, 9.17) is 9.47 Å². The van der Waals surface area contributed by atoms with E-state index in [1.165, 1.54) is 40.9 Å². The third-order valence-electron chi connectivity index (χ3n) is 5.65. The molecule has 0 aromatic heterocycles. The predicted octanol–water partition coefficient (Wildman–Crippen LogP) is 2.64. The Morgan fingerprint density at radius 2 is 1.91 bits per heavy atom. The van der Waals surface area contributed by atoms with Gasteiger partial charge >= 0.3 is 5.97 Å². The summed E-state index contributed by atoms with van der Waals surface area (Å²) in [5.41, 5.74) is 0.522. The minimum absolute atomic E-state index is 0.0614. The second-order valence-electron chi connectivity index (χ2n) is 8.31. The quantitative estimate of drug-likeness (QED) is 0.171. The van der Waals surface area contributed by atoms with Gasteiger partial charge in [-0.2, -0.15) is 0 Å². The molecule has 4 rings (SSSR count). The van der Waals surface area contributed by atoms with E-state index >= 15 is 0 Å². The first-order chi connectivity index (χ1) is 16.7. The van der Waals surface area contributed by atoms with Gasteiger partial charge in [0, 0.05) is 17.9 Å². The molecule has 0 spiro atoms. The zero-order valence-corrected chi connectivity index (χ0v) is 21.0. The molecule has 12 heteroatoms. The Bertz CT molecular complexity index is 1130. The lowest BCUT2D eigenvalue weighted by atomic mass is 9.94. The highest BCUT2D eigenvalue weighted by atomic mass is 79.9. The highest BCUT2D eigenvalue weighted by molar-refractivity contribution is 9.10. The van der Waals surface area contributed by atoms with Crippen LogP contribution >= 0.6 is 27.7 Å². The molecule has 0 aliphatic carbocycles. The summed E-state index contributed by atoms with van der Waals surface area (Å²) in [5, 5.41) is 13.1. The van der Waals surface area contributed by atoms with Crippen LogP contribution in [-0.2, 0) is 25.7 Å². The largest absolute Gasteiger partial charge is 0.484 e. The van der Waals surface area contributed by atoms with Crippen LogP contribution in [0.4, 0.5) is 5.69 Å². The number of thioether (sulfide) groups is 1. The highest BCUT2D eigenvalue weighted by Gasteiger charge is 2.61. The summed E-state index contributed by atoms with van der Waals surface area (Å²) < 4.78 is 10.2. The van der Waals surface area contributed by atoms with Gasteiger partial charge in [0.25, 0.3) is 11.6 Å². The normalized spacial score (nSPS) is 25.1. The summed E-state index contributed by atoms with van der Waals surface area (Å²) in [5.74, 6) is -0.359. The van der Waals surface area contributed by atoms with Gasteiger partial charge in [0.15, 0.2) is 6.61 Å². The van der Waals surface area contributed by atoms with Gasteiger partial charge in [-0.3, -0.25) is 19.7 Å². The van der Waals surface area contributed by atoms with Crippen molar-refractivity contribution in [3.63, 3.8) is 0 Å². The third kappa shape index (κ3) is 5.43. The maximum atomic E-state index is 13.0. The zero-order valence-electron chi connectivity index (χ0n) is 18.6. The third-order valence-corrected chi connectivity index (χ3v) is 8.34. The number of non-ortho nitro benzene ring substituents is 1. The number of nitro benzene ring substituents is 1. The molecule has 4 atom stereocenters. The lowest BCUT2D eigenvalue weighted by Gasteiger charge is -2.56. The molecule has 2 aromatic carbocycles. The van der Waals surface area contributed by atoms with Crippen molar-refractivity contribution in [3.05, 3.63) is 70.3 Å². The van der Waals surface area contributed by atoms with Crippen LogP contribution in [0, 0.1) is 10.1 Å². The van der Waals surface area contributed by atoms with E-state index in [1.807, 2.05) is 6.07 Å². The van der Waals surface area contributed by atoms with Crippen molar-refractivity contribution in [1.29, 1.82) is 0 Å². The molecule has 35 heavy (non-hydrogen) atoms. The lowest BCUT2D eigenvalue weighted by molar-refractivity contribution is -0.384. The van der Waals surface area contributed by atoms with Crippen LogP contribution in [0.15, 0.2) is 54.6 Å². The van der Waals surface area contributed by atoms with Crippen LogP contribution < -0.4 is 10.1 Å². The lowest BCUT2D eigenvalue weighted by Crippen LogP contribution is -2.78. The Hall–Kier alpha value is -3.12. The number of carbonyl (C=O) groups excluding carboxylic acids is 3. The molecule has 2 aliphatic rings. The van der Waals surface area contributed by atoms with Crippen LogP contribution in [0.1, 0.15) is 12.5 Å². The van der Waals surface area contributed by atoms with Crippen LogP contribution in [0.2, 0.25) is 0 Å². The van der Waals surface area contributed by atoms with Crippen molar-refractivity contribution in [3.8, 4) is 5.75 Å². The van der Waals surface area contributed by atoms with Gasteiger partial charge in [0.05, 0.1) is 9.25 Å². The molecule has 0 bridgehead atoms. The number of fused-ring (bicyclic) bond motifs is 1. The Balaban J connectivity index is 1.36. The van der Waals surface area contributed by atoms with Crippen molar-refractivity contribution in [2.24, 2.45) is 0 Å². The standard InChI is InChI=1S/C23H22BrN3O7S/c1-23(24)13-35-21-18(25-17(28)12-33-16-5-3-2-4-6-16)20(29)26(21)19(23)22(30)34-11-14-7-9-15(10-8-14)27(31)32/h2-10,18-19,21H,11-13H2,1H3,(H,25,28)/t18-,19+,21-,23-/m1/s1. The van der Waals surface area contributed by atoms with E-state index in [0.717, 1.165) is 0 Å².